The lowest BCUT2D eigenvalue weighted by Crippen LogP contribution is -2.35. The quantitative estimate of drug-likeness (QED) is 0.622. The summed E-state index contributed by atoms with van der Waals surface area (Å²) in [6.07, 6.45) is 1.88. The van der Waals surface area contributed by atoms with E-state index in [2.05, 4.69) is 11.9 Å². The van der Waals surface area contributed by atoms with E-state index in [9.17, 15) is 4.79 Å². The third kappa shape index (κ3) is 3.20. The highest BCUT2D eigenvalue weighted by atomic mass is 16.5. The molecule has 0 radical (unpaired) electrons. The summed E-state index contributed by atoms with van der Waals surface area (Å²) in [4.78, 5) is 14.1. The van der Waals surface area contributed by atoms with Gasteiger partial charge in [0, 0.05) is 18.8 Å². The lowest BCUT2D eigenvalue weighted by atomic mass is 10.1. The van der Waals surface area contributed by atoms with Gasteiger partial charge in [0.05, 0.1) is 5.56 Å². The van der Waals surface area contributed by atoms with E-state index in [0.717, 1.165) is 25.9 Å². The van der Waals surface area contributed by atoms with Gasteiger partial charge in [0.15, 0.2) is 0 Å². The number of ether oxygens (including phenoxy) is 1. The molecule has 1 aliphatic rings. The molecule has 1 aromatic carbocycles. The van der Waals surface area contributed by atoms with E-state index in [1.165, 1.54) is 0 Å². The van der Waals surface area contributed by atoms with Crippen molar-refractivity contribution in [2.45, 2.75) is 18.9 Å². The summed E-state index contributed by atoms with van der Waals surface area (Å²) in [6, 6.07) is 6.83. The maximum absolute atomic E-state index is 11.8. The van der Waals surface area contributed by atoms with Crippen molar-refractivity contribution < 1.29 is 9.53 Å². The Bertz CT molecular complexity index is 381. The molecule has 17 heavy (non-hydrogen) atoms. The number of hydrogen-bond acceptors (Lipinski definition) is 4. The van der Waals surface area contributed by atoms with Crippen LogP contribution < -0.4 is 5.73 Å². The first-order valence-electron chi connectivity index (χ1n) is 5.90. The second-order valence-electron chi connectivity index (χ2n) is 4.53. The molecule has 4 heteroatoms. The second kappa shape index (κ2) is 5.19. The fraction of sp³-hybridized carbons (Fsp3) is 0.462. The predicted molar refractivity (Wildman–Crippen MR) is 66.8 cm³/mol. The fourth-order valence-corrected chi connectivity index (χ4v) is 1.94. The molecule has 2 N–H and O–H groups in total. The number of likely N-dealkylation sites (tertiary alicyclic amines) is 1. The van der Waals surface area contributed by atoms with Crippen LogP contribution in [-0.4, -0.2) is 37.1 Å². The molecule has 1 aromatic rings. The van der Waals surface area contributed by atoms with Crippen LogP contribution >= 0.6 is 0 Å². The van der Waals surface area contributed by atoms with Crippen LogP contribution in [0.3, 0.4) is 0 Å². The summed E-state index contributed by atoms with van der Waals surface area (Å²) in [7, 11) is 2.08. The number of nitrogen functional groups attached to an aromatic ring is 1. The molecular weight excluding hydrogens is 216 g/mol. The third-order valence-corrected chi connectivity index (χ3v) is 3.09. The Kier molecular flexibility index (Phi) is 3.64. The summed E-state index contributed by atoms with van der Waals surface area (Å²) in [5.41, 5.74) is 6.79. The lowest BCUT2D eigenvalue weighted by Gasteiger charge is -2.28. The van der Waals surface area contributed by atoms with Crippen LogP contribution in [0.25, 0.3) is 0 Å². The number of nitrogens with two attached hydrogens (primary N) is 1. The monoisotopic (exact) mass is 234 g/mol. The van der Waals surface area contributed by atoms with Crippen molar-refractivity contribution in [3.8, 4) is 0 Å². The largest absolute Gasteiger partial charge is 0.459 e. The molecule has 1 aliphatic heterocycles. The van der Waals surface area contributed by atoms with Gasteiger partial charge >= 0.3 is 5.97 Å². The molecule has 4 nitrogen and oxygen atoms in total. The first-order valence-corrected chi connectivity index (χ1v) is 5.90. The minimum atomic E-state index is -0.250. The summed E-state index contributed by atoms with van der Waals surface area (Å²) >= 11 is 0. The average molecular weight is 234 g/mol. The molecule has 0 saturated carbocycles. The maximum Gasteiger partial charge on any atom is 0.338 e. The van der Waals surface area contributed by atoms with Gasteiger partial charge in [0.25, 0.3) is 0 Å². The molecule has 1 heterocycles. The molecule has 1 fully saturated rings. The van der Waals surface area contributed by atoms with Crippen molar-refractivity contribution in [3.63, 3.8) is 0 Å². The SMILES string of the molecule is CN1CCC(OC(=O)c2ccc(N)cc2)CC1. The molecule has 1 saturated heterocycles. The Balaban J connectivity index is 1.91. The van der Waals surface area contributed by atoms with Gasteiger partial charge in [-0.3, -0.25) is 0 Å². The summed E-state index contributed by atoms with van der Waals surface area (Å²) in [6.45, 7) is 1.97. The Morgan fingerprint density at radius 2 is 1.88 bits per heavy atom. The van der Waals surface area contributed by atoms with Crippen LogP contribution in [0.5, 0.6) is 0 Å². The van der Waals surface area contributed by atoms with Gasteiger partial charge in [-0.25, -0.2) is 4.79 Å². The van der Waals surface area contributed by atoms with Crippen molar-refractivity contribution in [1.82, 2.24) is 4.90 Å². The lowest BCUT2D eigenvalue weighted by molar-refractivity contribution is 0.0139. The number of nitrogens with zero attached hydrogens (tertiary/aromatic N) is 1. The van der Waals surface area contributed by atoms with E-state index in [1.807, 2.05) is 0 Å². The van der Waals surface area contributed by atoms with Crippen molar-refractivity contribution in [1.29, 1.82) is 0 Å². The number of carbonyl (C=O) groups is 1. The molecular formula is C13H18N2O2. The molecule has 0 atom stereocenters. The molecule has 0 bridgehead atoms. The first-order chi connectivity index (χ1) is 8.15. The van der Waals surface area contributed by atoms with Gasteiger partial charge in [-0.05, 0) is 44.2 Å². The van der Waals surface area contributed by atoms with Gasteiger partial charge < -0.3 is 15.4 Å². The van der Waals surface area contributed by atoms with Crippen LogP contribution in [0.4, 0.5) is 5.69 Å². The number of anilines is 1. The number of rotatable bonds is 2. The molecule has 0 aliphatic carbocycles. The molecule has 0 unspecified atom stereocenters. The zero-order valence-corrected chi connectivity index (χ0v) is 10.1. The number of benzene rings is 1. The maximum atomic E-state index is 11.8. The Labute approximate surface area is 101 Å². The van der Waals surface area contributed by atoms with Gasteiger partial charge in [0.1, 0.15) is 6.10 Å². The van der Waals surface area contributed by atoms with Gasteiger partial charge in [-0.1, -0.05) is 0 Å². The van der Waals surface area contributed by atoms with E-state index in [-0.39, 0.29) is 12.1 Å². The zero-order valence-electron chi connectivity index (χ0n) is 10.1. The van der Waals surface area contributed by atoms with E-state index < -0.39 is 0 Å². The standard InChI is InChI=1S/C13H18N2O2/c1-15-8-6-12(7-9-15)17-13(16)10-2-4-11(14)5-3-10/h2-5,12H,6-9,14H2,1H3. The summed E-state index contributed by atoms with van der Waals surface area (Å²) in [5, 5.41) is 0. The minimum Gasteiger partial charge on any atom is -0.459 e. The average Bonchev–Trinajstić information content (AvgIpc) is 2.33. The van der Waals surface area contributed by atoms with Crippen LogP contribution in [0.2, 0.25) is 0 Å². The second-order valence-corrected chi connectivity index (χ2v) is 4.53. The smallest absolute Gasteiger partial charge is 0.338 e. The topological polar surface area (TPSA) is 55.6 Å². The van der Waals surface area contributed by atoms with Crippen LogP contribution in [0, 0.1) is 0 Å². The first kappa shape index (κ1) is 11.9. The highest BCUT2D eigenvalue weighted by Gasteiger charge is 2.20. The van der Waals surface area contributed by atoms with Gasteiger partial charge in [-0.2, -0.15) is 0 Å². The number of esters is 1. The van der Waals surface area contributed by atoms with E-state index in [1.54, 1.807) is 24.3 Å². The minimum absolute atomic E-state index is 0.0521. The number of hydrogen-bond donors (Lipinski definition) is 1. The Morgan fingerprint density at radius 1 is 1.29 bits per heavy atom. The van der Waals surface area contributed by atoms with Crippen LogP contribution in [0.15, 0.2) is 24.3 Å². The number of carbonyl (C=O) groups excluding carboxylic acids is 1. The molecule has 2 rings (SSSR count). The Hall–Kier alpha value is -1.55. The van der Waals surface area contributed by atoms with Gasteiger partial charge in [0.2, 0.25) is 0 Å². The van der Waals surface area contributed by atoms with E-state index in [0.29, 0.717) is 11.3 Å². The molecule has 0 aromatic heterocycles. The van der Waals surface area contributed by atoms with E-state index >= 15 is 0 Å². The van der Waals surface area contributed by atoms with Crippen LogP contribution in [0.1, 0.15) is 23.2 Å². The predicted octanol–water partition coefficient (Wildman–Crippen LogP) is 1.52. The van der Waals surface area contributed by atoms with Crippen molar-refractivity contribution in [2.75, 3.05) is 25.9 Å². The highest BCUT2D eigenvalue weighted by molar-refractivity contribution is 5.89. The summed E-state index contributed by atoms with van der Waals surface area (Å²) < 4.78 is 5.46. The third-order valence-electron chi connectivity index (χ3n) is 3.09. The fourth-order valence-electron chi connectivity index (χ4n) is 1.94. The van der Waals surface area contributed by atoms with Crippen molar-refractivity contribution in [2.24, 2.45) is 0 Å². The van der Waals surface area contributed by atoms with Crippen molar-refractivity contribution in [3.05, 3.63) is 29.8 Å². The molecule has 0 spiro atoms. The number of piperidine rings is 1. The summed E-state index contributed by atoms with van der Waals surface area (Å²) in [5.74, 6) is -0.250. The van der Waals surface area contributed by atoms with Crippen molar-refractivity contribution >= 4 is 11.7 Å². The van der Waals surface area contributed by atoms with Gasteiger partial charge in [-0.15, -0.1) is 0 Å². The Morgan fingerprint density at radius 3 is 2.47 bits per heavy atom. The highest BCUT2D eigenvalue weighted by Crippen LogP contribution is 2.15. The molecule has 92 valence electrons. The molecule has 0 amide bonds. The zero-order chi connectivity index (χ0) is 12.3. The van der Waals surface area contributed by atoms with Crippen LogP contribution in [-0.2, 0) is 4.74 Å². The van der Waals surface area contributed by atoms with E-state index in [4.69, 9.17) is 10.5 Å². The normalized spacial score (nSPS) is 17.9.